The van der Waals surface area contributed by atoms with Crippen molar-refractivity contribution in [2.75, 3.05) is 12.4 Å². The maximum Gasteiger partial charge on any atom is 0.285 e. The molecule has 0 bridgehead atoms. The summed E-state index contributed by atoms with van der Waals surface area (Å²) in [6.07, 6.45) is 0. The Bertz CT molecular complexity index is 686. The van der Waals surface area contributed by atoms with Gasteiger partial charge in [0.1, 0.15) is 17.2 Å². The lowest BCUT2D eigenvalue weighted by atomic mass is 10.1. The number of aryl methyl sites for hydroxylation is 1. The first kappa shape index (κ1) is 15.0. The SMILES string of the molecule is COCc1nnc(NC(=O)c2cccc(C)c2[N+](=O)[O-])s1. The summed E-state index contributed by atoms with van der Waals surface area (Å²) in [5.74, 6) is -0.592. The van der Waals surface area contributed by atoms with Crippen molar-refractivity contribution < 1.29 is 14.5 Å². The van der Waals surface area contributed by atoms with Gasteiger partial charge >= 0.3 is 0 Å². The molecule has 0 aliphatic rings. The van der Waals surface area contributed by atoms with Crippen LogP contribution in [0.1, 0.15) is 20.9 Å². The van der Waals surface area contributed by atoms with Gasteiger partial charge in [-0.2, -0.15) is 0 Å². The van der Waals surface area contributed by atoms with Crippen molar-refractivity contribution in [3.8, 4) is 0 Å². The molecule has 0 aliphatic heterocycles. The molecule has 0 fully saturated rings. The minimum atomic E-state index is -0.592. The predicted octanol–water partition coefficient (Wildman–Crippen LogP) is 2.15. The van der Waals surface area contributed by atoms with Crippen LogP contribution >= 0.6 is 11.3 Å². The quantitative estimate of drug-likeness (QED) is 0.670. The van der Waals surface area contributed by atoms with Gasteiger partial charge in [-0.25, -0.2) is 0 Å². The minimum absolute atomic E-state index is 0.0107. The Morgan fingerprint density at radius 1 is 1.48 bits per heavy atom. The summed E-state index contributed by atoms with van der Waals surface area (Å²) in [6, 6.07) is 4.57. The molecule has 0 radical (unpaired) electrons. The number of methoxy groups -OCH3 is 1. The van der Waals surface area contributed by atoms with Crippen LogP contribution in [0.2, 0.25) is 0 Å². The molecule has 21 heavy (non-hydrogen) atoms. The second-order valence-electron chi connectivity index (χ2n) is 4.12. The minimum Gasteiger partial charge on any atom is -0.377 e. The van der Waals surface area contributed by atoms with E-state index >= 15 is 0 Å². The van der Waals surface area contributed by atoms with Crippen molar-refractivity contribution in [1.82, 2.24) is 10.2 Å². The van der Waals surface area contributed by atoms with E-state index in [4.69, 9.17) is 4.74 Å². The number of nitro benzene ring substituents is 1. The number of hydrogen-bond donors (Lipinski definition) is 1. The van der Waals surface area contributed by atoms with Crippen molar-refractivity contribution in [3.05, 3.63) is 44.4 Å². The molecule has 1 N–H and O–H groups in total. The zero-order valence-electron chi connectivity index (χ0n) is 11.3. The maximum absolute atomic E-state index is 12.2. The lowest BCUT2D eigenvalue weighted by Gasteiger charge is -2.04. The molecule has 1 aromatic heterocycles. The van der Waals surface area contributed by atoms with E-state index in [1.165, 1.54) is 13.2 Å². The number of rotatable bonds is 5. The molecule has 1 heterocycles. The summed E-state index contributed by atoms with van der Waals surface area (Å²) in [7, 11) is 1.52. The lowest BCUT2D eigenvalue weighted by molar-refractivity contribution is -0.385. The van der Waals surface area contributed by atoms with E-state index in [0.29, 0.717) is 10.6 Å². The highest BCUT2D eigenvalue weighted by molar-refractivity contribution is 7.15. The van der Waals surface area contributed by atoms with Crippen LogP contribution in [0.4, 0.5) is 10.8 Å². The van der Waals surface area contributed by atoms with Crippen molar-refractivity contribution in [2.24, 2.45) is 0 Å². The fraction of sp³-hybridized carbons (Fsp3) is 0.250. The van der Waals surface area contributed by atoms with Gasteiger partial charge in [0.2, 0.25) is 5.13 Å². The molecule has 0 saturated carbocycles. The Kier molecular flexibility index (Phi) is 4.55. The number of hydrogen-bond acceptors (Lipinski definition) is 7. The van der Waals surface area contributed by atoms with Gasteiger partial charge in [0.25, 0.3) is 11.6 Å². The Labute approximate surface area is 123 Å². The van der Waals surface area contributed by atoms with Crippen LogP contribution in [0.3, 0.4) is 0 Å². The first-order valence-electron chi connectivity index (χ1n) is 5.89. The number of carbonyl (C=O) groups excluding carboxylic acids is 1. The second-order valence-corrected chi connectivity index (χ2v) is 5.18. The number of nitrogens with one attached hydrogen (secondary N) is 1. The summed E-state index contributed by atoms with van der Waals surface area (Å²) in [5.41, 5.74) is 0.199. The summed E-state index contributed by atoms with van der Waals surface area (Å²) < 4.78 is 4.90. The number of nitrogens with zero attached hydrogens (tertiary/aromatic N) is 3. The molecule has 8 nitrogen and oxygen atoms in total. The molecule has 2 rings (SSSR count). The lowest BCUT2D eigenvalue weighted by Crippen LogP contribution is -2.14. The number of carbonyl (C=O) groups is 1. The average Bonchev–Trinajstić information content (AvgIpc) is 2.85. The standard InChI is InChI=1S/C12H12N4O4S/c1-7-4-3-5-8(10(7)16(18)19)11(17)13-12-15-14-9(21-12)6-20-2/h3-5H,6H2,1-2H3,(H,13,15,17). The summed E-state index contributed by atoms with van der Waals surface area (Å²) in [6.45, 7) is 1.87. The van der Waals surface area contributed by atoms with Crippen molar-refractivity contribution in [3.63, 3.8) is 0 Å². The molecular weight excluding hydrogens is 296 g/mol. The summed E-state index contributed by atoms with van der Waals surface area (Å²) in [4.78, 5) is 22.7. The Hall–Kier alpha value is -2.39. The number of aromatic nitrogens is 2. The van der Waals surface area contributed by atoms with Gasteiger partial charge < -0.3 is 4.74 Å². The number of benzene rings is 1. The molecule has 0 aliphatic carbocycles. The molecule has 110 valence electrons. The topological polar surface area (TPSA) is 107 Å². The first-order valence-corrected chi connectivity index (χ1v) is 6.71. The highest BCUT2D eigenvalue weighted by Crippen LogP contribution is 2.24. The molecule has 9 heteroatoms. The van der Waals surface area contributed by atoms with Crippen molar-refractivity contribution in [2.45, 2.75) is 13.5 Å². The number of amides is 1. The first-order chi connectivity index (χ1) is 10.0. The van der Waals surface area contributed by atoms with Crippen LogP contribution in [0, 0.1) is 17.0 Å². The van der Waals surface area contributed by atoms with Gasteiger partial charge in [0, 0.05) is 12.7 Å². The summed E-state index contributed by atoms with van der Waals surface area (Å²) >= 11 is 1.15. The third-order valence-electron chi connectivity index (χ3n) is 2.62. The van der Waals surface area contributed by atoms with Gasteiger partial charge in [0.05, 0.1) is 4.92 Å². The third kappa shape index (κ3) is 3.38. The monoisotopic (exact) mass is 308 g/mol. The molecule has 1 aromatic carbocycles. The Balaban J connectivity index is 2.24. The Morgan fingerprint density at radius 3 is 2.90 bits per heavy atom. The predicted molar refractivity (Wildman–Crippen MR) is 76.4 cm³/mol. The zero-order valence-corrected chi connectivity index (χ0v) is 12.1. The Morgan fingerprint density at radius 2 is 2.24 bits per heavy atom. The maximum atomic E-state index is 12.2. The van der Waals surface area contributed by atoms with Crippen LogP contribution in [-0.2, 0) is 11.3 Å². The number of ether oxygens (including phenoxy) is 1. The van der Waals surface area contributed by atoms with E-state index in [1.54, 1.807) is 19.1 Å². The number of nitro groups is 1. The third-order valence-corrected chi connectivity index (χ3v) is 3.43. The van der Waals surface area contributed by atoms with E-state index in [1.807, 2.05) is 0 Å². The molecule has 0 saturated heterocycles. The molecule has 0 atom stereocenters. The van der Waals surface area contributed by atoms with Crippen LogP contribution in [-0.4, -0.2) is 28.1 Å². The van der Waals surface area contributed by atoms with Gasteiger partial charge in [0.15, 0.2) is 0 Å². The number of para-hydroxylation sites is 1. The van der Waals surface area contributed by atoms with E-state index in [9.17, 15) is 14.9 Å². The highest BCUT2D eigenvalue weighted by atomic mass is 32.1. The molecule has 2 aromatic rings. The van der Waals surface area contributed by atoms with Gasteiger partial charge in [-0.3, -0.25) is 20.2 Å². The van der Waals surface area contributed by atoms with Crippen LogP contribution < -0.4 is 5.32 Å². The van der Waals surface area contributed by atoms with Crippen LogP contribution in [0.5, 0.6) is 0 Å². The summed E-state index contributed by atoms with van der Waals surface area (Å²) in [5, 5.41) is 22.1. The molecular formula is C12H12N4O4S. The van der Waals surface area contributed by atoms with Gasteiger partial charge in [-0.1, -0.05) is 23.5 Å². The largest absolute Gasteiger partial charge is 0.377 e. The van der Waals surface area contributed by atoms with E-state index in [0.717, 1.165) is 11.3 Å². The van der Waals surface area contributed by atoms with Crippen molar-refractivity contribution >= 4 is 28.1 Å². The fourth-order valence-electron chi connectivity index (χ4n) is 1.73. The van der Waals surface area contributed by atoms with Crippen LogP contribution in [0.25, 0.3) is 0 Å². The normalized spacial score (nSPS) is 10.4. The fourth-order valence-corrected chi connectivity index (χ4v) is 2.44. The number of anilines is 1. The second kappa shape index (κ2) is 6.37. The van der Waals surface area contributed by atoms with E-state index < -0.39 is 10.8 Å². The molecule has 0 unspecified atom stereocenters. The van der Waals surface area contributed by atoms with Gasteiger partial charge in [-0.05, 0) is 13.0 Å². The van der Waals surface area contributed by atoms with E-state index in [-0.39, 0.29) is 23.0 Å². The highest BCUT2D eigenvalue weighted by Gasteiger charge is 2.23. The zero-order chi connectivity index (χ0) is 15.4. The average molecular weight is 308 g/mol. The van der Waals surface area contributed by atoms with Crippen LogP contribution in [0.15, 0.2) is 18.2 Å². The molecule has 0 spiro atoms. The van der Waals surface area contributed by atoms with E-state index in [2.05, 4.69) is 15.5 Å². The van der Waals surface area contributed by atoms with Crippen molar-refractivity contribution in [1.29, 1.82) is 0 Å². The van der Waals surface area contributed by atoms with Gasteiger partial charge in [-0.15, -0.1) is 10.2 Å². The smallest absolute Gasteiger partial charge is 0.285 e. The molecule has 1 amide bonds.